The van der Waals surface area contributed by atoms with Crippen LogP contribution in [-0.2, 0) is 0 Å². The average Bonchev–Trinajstić information content (AvgIpc) is 2.58. The van der Waals surface area contributed by atoms with Crippen molar-refractivity contribution in [3.63, 3.8) is 0 Å². The summed E-state index contributed by atoms with van der Waals surface area (Å²) in [6.07, 6.45) is 1.53. The van der Waals surface area contributed by atoms with Crippen LogP contribution in [0.25, 0.3) is 0 Å². The molecule has 6 nitrogen and oxygen atoms in total. The lowest BCUT2D eigenvalue weighted by Gasteiger charge is -2.10. The van der Waals surface area contributed by atoms with Gasteiger partial charge in [-0.3, -0.25) is 4.79 Å². The number of ketones is 1. The second kappa shape index (κ2) is 7.40. The van der Waals surface area contributed by atoms with Gasteiger partial charge in [-0.15, -0.1) is 5.10 Å². The predicted octanol–water partition coefficient (Wildman–Crippen LogP) is 4.63. The Bertz CT molecular complexity index is 929. The normalized spacial score (nSPS) is 10.4. The number of carbonyl (C=O) groups excluding carboxylic acids is 1. The minimum atomic E-state index is 0.0116. The van der Waals surface area contributed by atoms with Gasteiger partial charge in [0.1, 0.15) is 0 Å². The van der Waals surface area contributed by atoms with Crippen molar-refractivity contribution in [1.29, 1.82) is 0 Å². The molecule has 0 amide bonds. The smallest absolute Gasteiger partial charge is 0.249 e. The molecule has 0 saturated heterocycles. The Morgan fingerprint density at radius 1 is 1.12 bits per heavy atom. The van der Waals surface area contributed by atoms with E-state index in [1.54, 1.807) is 12.1 Å². The average molecular weight is 398 g/mol. The first kappa shape index (κ1) is 17.0. The highest BCUT2D eigenvalue weighted by atomic mass is 79.9. The molecule has 0 radical (unpaired) electrons. The molecule has 0 aliphatic heterocycles. The molecule has 3 rings (SSSR count). The number of benzene rings is 2. The molecule has 0 bridgehead atoms. The molecular formula is C18H16BrN5O. The quantitative estimate of drug-likeness (QED) is 0.610. The van der Waals surface area contributed by atoms with Gasteiger partial charge in [0.2, 0.25) is 5.95 Å². The summed E-state index contributed by atoms with van der Waals surface area (Å²) in [6, 6.07) is 13.1. The summed E-state index contributed by atoms with van der Waals surface area (Å²) < 4.78 is 1.01. The third kappa shape index (κ3) is 4.39. The topological polar surface area (TPSA) is 79.8 Å². The minimum absolute atomic E-state index is 0.0116. The summed E-state index contributed by atoms with van der Waals surface area (Å²) in [6.45, 7) is 3.53. The third-order valence-electron chi connectivity index (χ3n) is 3.54. The van der Waals surface area contributed by atoms with Gasteiger partial charge in [0.25, 0.3) is 0 Å². The maximum absolute atomic E-state index is 11.5. The van der Waals surface area contributed by atoms with Gasteiger partial charge in [-0.1, -0.05) is 28.1 Å². The van der Waals surface area contributed by atoms with E-state index in [0.29, 0.717) is 17.3 Å². The van der Waals surface area contributed by atoms with Crippen LogP contribution in [0.1, 0.15) is 22.8 Å². The molecule has 7 heteroatoms. The number of rotatable bonds is 5. The Morgan fingerprint density at radius 3 is 2.72 bits per heavy atom. The largest absolute Gasteiger partial charge is 0.339 e. The summed E-state index contributed by atoms with van der Waals surface area (Å²) in [7, 11) is 0. The summed E-state index contributed by atoms with van der Waals surface area (Å²) in [4.78, 5) is 15.9. The Hall–Kier alpha value is -2.80. The second-order valence-electron chi connectivity index (χ2n) is 5.51. The fourth-order valence-electron chi connectivity index (χ4n) is 2.27. The van der Waals surface area contributed by atoms with E-state index in [4.69, 9.17) is 0 Å². The lowest BCUT2D eigenvalue weighted by atomic mass is 10.1. The SMILES string of the molecule is CC(=O)c1cccc(Nc2cnnc(Nc3ccc(Br)cc3C)n2)c1. The van der Waals surface area contributed by atoms with E-state index in [1.165, 1.54) is 13.1 Å². The highest BCUT2D eigenvalue weighted by molar-refractivity contribution is 9.10. The van der Waals surface area contributed by atoms with Crippen molar-refractivity contribution in [3.05, 3.63) is 64.3 Å². The number of aromatic nitrogens is 3. The van der Waals surface area contributed by atoms with Crippen LogP contribution in [0.3, 0.4) is 0 Å². The van der Waals surface area contributed by atoms with Crippen LogP contribution in [0.2, 0.25) is 0 Å². The first-order valence-electron chi connectivity index (χ1n) is 7.62. The number of nitrogens with one attached hydrogen (secondary N) is 2. The van der Waals surface area contributed by atoms with Crippen LogP contribution >= 0.6 is 15.9 Å². The van der Waals surface area contributed by atoms with Crippen LogP contribution in [0.15, 0.2) is 53.1 Å². The third-order valence-corrected chi connectivity index (χ3v) is 4.03. The molecule has 0 unspecified atom stereocenters. The zero-order valence-corrected chi connectivity index (χ0v) is 15.3. The molecule has 25 heavy (non-hydrogen) atoms. The number of anilines is 4. The second-order valence-corrected chi connectivity index (χ2v) is 6.43. The van der Waals surface area contributed by atoms with E-state index in [0.717, 1.165) is 21.4 Å². The van der Waals surface area contributed by atoms with E-state index in [1.807, 2.05) is 37.3 Å². The molecule has 0 fully saturated rings. The van der Waals surface area contributed by atoms with Gasteiger partial charge in [0.05, 0.1) is 6.20 Å². The molecule has 2 aromatic carbocycles. The van der Waals surface area contributed by atoms with Crippen LogP contribution < -0.4 is 10.6 Å². The van der Waals surface area contributed by atoms with E-state index < -0.39 is 0 Å². The maximum atomic E-state index is 11.5. The predicted molar refractivity (Wildman–Crippen MR) is 102 cm³/mol. The first-order valence-corrected chi connectivity index (χ1v) is 8.41. The Morgan fingerprint density at radius 2 is 1.96 bits per heavy atom. The Labute approximate surface area is 153 Å². The van der Waals surface area contributed by atoms with Crippen molar-refractivity contribution >= 4 is 44.9 Å². The van der Waals surface area contributed by atoms with Crippen molar-refractivity contribution in [3.8, 4) is 0 Å². The van der Waals surface area contributed by atoms with Gasteiger partial charge >= 0.3 is 0 Å². The molecule has 0 atom stereocenters. The van der Waals surface area contributed by atoms with Crippen molar-refractivity contribution in [2.24, 2.45) is 0 Å². The molecular weight excluding hydrogens is 382 g/mol. The van der Waals surface area contributed by atoms with Gasteiger partial charge in [-0.05, 0) is 49.7 Å². The summed E-state index contributed by atoms with van der Waals surface area (Å²) in [5, 5.41) is 14.3. The van der Waals surface area contributed by atoms with Crippen LogP contribution in [0.4, 0.5) is 23.1 Å². The van der Waals surface area contributed by atoms with Gasteiger partial charge < -0.3 is 10.6 Å². The fraction of sp³-hybridized carbons (Fsp3) is 0.111. The number of carbonyl (C=O) groups is 1. The number of hydrogen-bond acceptors (Lipinski definition) is 6. The Balaban J connectivity index is 1.79. The van der Waals surface area contributed by atoms with E-state index in [-0.39, 0.29) is 5.78 Å². The molecule has 0 saturated carbocycles. The molecule has 0 aliphatic carbocycles. The van der Waals surface area contributed by atoms with Crippen molar-refractivity contribution < 1.29 is 4.79 Å². The molecule has 1 aromatic heterocycles. The van der Waals surface area contributed by atoms with Gasteiger partial charge in [-0.2, -0.15) is 10.1 Å². The number of Topliss-reactive ketones (excluding diaryl/α,β-unsaturated/α-hetero) is 1. The summed E-state index contributed by atoms with van der Waals surface area (Å²) in [5.41, 5.74) is 3.36. The highest BCUT2D eigenvalue weighted by Crippen LogP contribution is 2.23. The van der Waals surface area contributed by atoms with Gasteiger partial charge in [-0.25, -0.2) is 0 Å². The molecule has 0 aliphatic rings. The van der Waals surface area contributed by atoms with Gasteiger partial charge in [0, 0.05) is 21.4 Å². The highest BCUT2D eigenvalue weighted by Gasteiger charge is 2.06. The number of hydrogen-bond donors (Lipinski definition) is 2. The Kier molecular flexibility index (Phi) is 5.04. The van der Waals surface area contributed by atoms with Crippen molar-refractivity contribution in [2.45, 2.75) is 13.8 Å². The minimum Gasteiger partial charge on any atom is -0.339 e. The first-order chi connectivity index (χ1) is 12.0. The number of aryl methyl sites for hydroxylation is 1. The summed E-state index contributed by atoms with van der Waals surface area (Å²) >= 11 is 3.44. The van der Waals surface area contributed by atoms with Gasteiger partial charge in [0.15, 0.2) is 11.6 Å². The lowest BCUT2D eigenvalue weighted by Crippen LogP contribution is -2.03. The molecule has 3 aromatic rings. The van der Waals surface area contributed by atoms with Crippen LogP contribution in [0.5, 0.6) is 0 Å². The van der Waals surface area contributed by atoms with Crippen LogP contribution in [-0.4, -0.2) is 21.0 Å². The number of halogens is 1. The summed E-state index contributed by atoms with van der Waals surface area (Å²) in [5.74, 6) is 0.934. The zero-order chi connectivity index (χ0) is 17.8. The van der Waals surface area contributed by atoms with Crippen molar-refractivity contribution in [1.82, 2.24) is 15.2 Å². The monoisotopic (exact) mass is 397 g/mol. The molecule has 126 valence electrons. The molecule has 0 spiro atoms. The van der Waals surface area contributed by atoms with E-state index in [2.05, 4.69) is 41.7 Å². The van der Waals surface area contributed by atoms with Crippen molar-refractivity contribution in [2.75, 3.05) is 10.6 Å². The van der Waals surface area contributed by atoms with E-state index in [9.17, 15) is 4.79 Å². The number of nitrogens with zero attached hydrogens (tertiary/aromatic N) is 3. The standard InChI is InChI=1S/C18H16BrN5O/c1-11-8-14(19)6-7-16(11)22-18-23-17(10-20-24-18)21-15-5-3-4-13(9-15)12(2)25/h3-10H,1-2H3,(H2,21,22,23,24). The fourth-order valence-corrected chi connectivity index (χ4v) is 2.74. The molecule has 2 N–H and O–H groups in total. The zero-order valence-electron chi connectivity index (χ0n) is 13.7. The van der Waals surface area contributed by atoms with Crippen LogP contribution in [0, 0.1) is 6.92 Å². The molecule has 1 heterocycles. The van der Waals surface area contributed by atoms with E-state index >= 15 is 0 Å². The lowest BCUT2D eigenvalue weighted by molar-refractivity contribution is 0.101. The maximum Gasteiger partial charge on any atom is 0.249 e.